The Hall–Kier alpha value is -0.680. The molecule has 0 saturated carbocycles. The largest absolute Gasteiger partial charge is 0.493 e. The Bertz CT molecular complexity index is 498. The minimum Gasteiger partial charge on any atom is -0.493 e. The molecule has 0 aromatic heterocycles. The molecule has 0 aliphatic carbocycles. The number of hydrogen-bond acceptors (Lipinski definition) is 4. The first-order chi connectivity index (χ1) is 13.1. The average molecular weight is 452 g/mol. The fourth-order valence-corrected chi connectivity index (χ4v) is 3.51. The van der Waals surface area contributed by atoms with Gasteiger partial charge in [-0.1, -0.05) is 32.8 Å². The van der Waals surface area contributed by atoms with Gasteiger partial charge in [0.05, 0.1) is 14.2 Å². The zero-order valence-corrected chi connectivity index (χ0v) is 20.9. The number of methoxy groups -OCH3 is 2. The lowest BCUT2D eigenvalue weighted by Crippen LogP contribution is -2.26. The molecular formula is C23H44Cl2N2O2. The van der Waals surface area contributed by atoms with Crippen LogP contribution in [0, 0.1) is 0 Å². The molecule has 0 aliphatic heterocycles. The number of hydrogen-bond donors (Lipinski definition) is 0. The highest BCUT2D eigenvalue weighted by atomic mass is 35.5. The Kier molecular flexibility index (Phi) is 20.3. The Morgan fingerprint density at radius 2 is 1.31 bits per heavy atom. The summed E-state index contributed by atoms with van der Waals surface area (Å²) >= 11 is 0. The summed E-state index contributed by atoms with van der Waals surface area (Å²) < 4.78 is 10.7. The van der Waals surface area contributed by atoms with E-state index in [1.807, 2.05) is 6.07 Å². The van der Waals surface area contributed by atoms with Crippen molar-refractivity contribution in [1.29, 1.82) is 0 Å². The molecule has 172 valence electrons. The molecular weight excluding hydrogens is 407 g/mol. The molecule has 0 fully saturated rings. The molecule has 0 atom stereocenters. The van der Waals surface area contributed by atoms with Crippen molar-refractivity contribution in [2.75, 3.05) is 54.0 Å². The summed E-state index contributed by atoms with van der Waals surface area (Å²) in [7, 11) is 5.60. The van der Waals surface area contributed by atoms with E-state index in [9.17, 15) is 0 Å². The Balaban J connectivity index is 0. The predicted molar refractivity (Wildman–Crippen MR) is 131 cm³/mol. The van der Waals surface area contributed by atoms with Crippen molar-refractivity contribution in [3.63, 3.8) is 0 Å². The highest BCUT2D eigenvalue weighted by Gasteiger charge is 2.06. The van der Waals surface area contributed by atoms with E-state index in [2.05, 4.69) is 42.8 Å². The number of halogens is 2. The van der Waals surface area contributed by atoms with Crippen LogP contribution in [-0.4, -0.2) is 63.8 Å². The molecule has 0 bridgehead atoms. The van der Waals surface area contributed by atoms with Gasteiger partial charge in [-0.2, -0.15) is 0 Å². The predicted octanol–water partition coefficient (Wildman–Crippen LogP) is 5.70. The number of ether oxygens (including phenoxy) is 2. The number of rotatable bonds is 16. The highest BCUT2D eigenvalue weighted by molar-refractivity contribution is 5.85. The maximum atomic E-state index is 5.39. The second-order valence-electron chi connectivity index (χ2n) is 7.50. The van der Waals surface area contributed by atoms with Crippen molar-refractivity contribution in [1.82, 2.24) is 9.80 Å². The molecule has 0 heterocycles. The molecule has 0 aliphatic rings. The lowest BCUT2D eigenvalue weighted by atomic mass is 10.1. The van der Waals surface area contributed by atoms with E-state index in [1.165, 1.54) is 70.3 Å². The zero-order valence-electron chi connectivity index (χ0n) is 19.2. The maximum Gasteiger partial charge on any atom is 0.160 e. The number of benzene rings is 1. The third-order valence-corrected chi connectivity index (χ3v) is 5.07. The Labute approximate surface area is 192 Å². The minimum absolute atomic E-state index is 0. The minimum atomic E-state index is 0. The third kappa shape index (κ3) is 13.3. The average Bonchev–Trinajstić information content (AvgIpc) is 2.68. The van der Waals surface area contributed by atoms with Crippen molar-refractivity contribution >= 4 is 24.8 Å². The Morgan fingerprint density at radius 1 is 0.724 bits per heavy atom. The topological polar surface area (TPSA) is 24.9 Å². The first-order valence-corrected chi connectivity index (χ1v) is 10.8. The van der Waals surface area contributed by atoms with Gasteiger partial charge in [0.15, 0.2) is 11.5 Å². The second kappa shape index (κ2) is 19.3. The Morgan fingerprint density at radius 3 is 1.86 bits per heavy atom. The van der Waals surface area contributed by atoms with E-state index in [0.717, 1.165) is 24.5 Å². The fourth-order valence-electron chi connectivity index (χ4n) is 3.51. The molecule has 6 heteroatoms. The number of unbranched alkanes of at least 4 members (excludes halogenated alkanes) is 3. The van der Waals surface area contributed by atoms with Gasteiger partial charge in [0, 0.05) is 6.54 Å². The molecule has 0 N–H and O–H groups in total. The van der Waals surface area contributed by atoms with Gasteiger partial charge in [0.2, 0.25) is 0 Å². The van der Waals surface area contributed by atoms with E-state index < -0.39 is 0 Å². The molecule has 0 radical (unpaired) electrons. The lowest BCUT2D eigenvalue weighted by molar-refractivity contribution is 0.266. The van der Waals surface area contributed by atoms with Gasteiger partial charge < -0.3 is 19.3 Å². The SMILES string of the molecule is CCCN(CCC)CCCCCCN(C)CCc1ccc(OC)c(OC)c1.Cl.Cl. The van der Waals surface area contributed by atoms with Crippen LogP contribution in [-0.2, 0) is 6.42 Å². The molecule has 1 aromatic carbocycles. The highest BCUT2D eigenvalue weighted by Crippen LogP contribution is 2.27. The molecule has 0 unspecified atom stereocenters. The smallest absolute Gasteiger partial charge is 0.160 e. The van der Waals surface area contributed by atoms with Crippen LogP contribution in [0.1, 0.15) is 57.9 Å². The van der Waals surface area contributed by atoms with E-state index in [-0.39, 0.29) is 24.8 Å². The summed E-state index contributed by atoms with van der Waals surface area (Å²) in [5, 5.41) is 0. The molecule has 1 aromatic rings. The summed E-state index contributed by atoms with van der Waals surface area (Å²) in [6, 6.07) is 6.22. The summed E-state index contributed by atoms with van der Waals surface area (Å²) in [6.45, 7) is 10.6. The van der Waals surface area contributed by atoms with Crippen LogP contribution >= 0.6 is 24.8 Å². The number of likely N-dealkylation sites (N-methyl/N-ethyl adjacent to an activating group) is 1. The van der Waals surface area contributed by atoms with Gasteiger partial charge in [0.25, 0.3) is 0 Å². The summed E-state index contributed by atoms with van der Waals surface area (Å²) in [5.41, 5.74) is 1.30. The van der Waals surface area contributed by atoms with Crippen LogP contribution in [0.2, 0.25) is 0 Å². The van der Waals surface area contributed by atoms with Crippen LogP contribution in [0.5, 0.6) is 11.5 Å². The van der Waals surface area contributed by atoms with Crippen LogP contribution in [0.3, 0.4) is 0 Å². The summed E-state index contributed by atoms with van der Waals surface area (Å²) in [4.78, 5) is 5.06. The molecule has 0 spiro atoms. The normalized spacial score (nSPS) is 10.6. The quantitative estimate of drug-likeness (QED) is 0.301. The first kappa shape index (κ1) is 30.5. The van der Waals surface area contributed by atoms with Crippen molar-refractivity contribution < 1.29 is 9.47 Å². The van der Waals surface area contributed by atoms with Crippen LogP contribution in [0.15, 0.2) is 18.2 Å². The van der Waals surface area contributed by atoms with Crippen LogP contribution < -0.4 is 9.47 Å². The standard InChI is InChI=1S/C23H42N2O2.2ClH/c1-6-15-25(16-7-2)18-11-9-8-10-17-24(3)19-14-21-12-13-22(26-4)23(20-21)27-5;;/h12-13,20H,6-11,14-19H2,1-5H3;2*1H. The summed E-state index contributed by atoms with van der Waals surface area (Å²) in [5.74, 6) is 1.61. The fraction of sp³-hybridized carbons (Fsp3) is 0.739. The third-order valence-electron chi connectivity index (χ3n) is 5.07. The molecule has 1 rings (SSSR count). The van der Waals surface area contributed by atoms with Gasteiger partial charge >= 0.3 is 0 Å². The van der Waals surface area contributed by atoms with Crippen molar-refractivity contribution in [2.24, 2.45) is 0 Å². The second-order valence-corrected chi connectivity index (χ2v) is 7.50. The van der Waals surface area contributed by atoms with Gasteiger partial charge in [-0.3, -0.25) is 0 Å². The summed E-state index contributed by atoms with van der Waals surface area (Å²) in [6.07, 6.45) is 8.91. The van der Waals surface area contributed by atoms with E-state index >= 15 is 0 Å². The van der Waals surface area contributed by atoms with E-state index in [1.54, 1.807) is 14.2 Å². The lowest BCUT2D eigenvalue weighted by Gasteiger charge is -2.21. The van der Waals surface area contributed by atoms with Crippen LogP contribution in [0.4, 0.5) is 0 Å². The molecule has 29 heavy (non-hydrogen) atoms. The van der Waals surface area contributed by atoms with Gasteiger partial charge in [-0.15, -0.1) is 24.8 Å². The first-order valence-electron chi connectivity index (χ1n) is 10.8. The maximum absolute atomic E-state index is 5.39. The van der Waals surface area contributed by atoms with Crippen molar-refractivity contribution in [2.45, 2.75) is 58.8 Å². The molecule has 0 saturated heterocycles. The van der Waals surface area contributed by atoms with E-state index in [0.29, 0.717) is 0 Å². The zero-order chi connectivity index (χ0) is 19.9. The van der Waals surface area contributed by atoms with Gasteiger partial charge in [-0.05, 0) is 83.0 Å². The van der Waals surface area contributed by atoms with Crippen LogP contribution in [0.25, 0.3) is 0 Å². The van der Waals surface area contributed by atoms with Gasteiger partial charge in [-0.25, -0.2) is 0 Å². The molecule has 4 nitrogen and oxygen atoms in total. The number of nitrogens with zero attached hydrogens (tertiary/aromatic N) is 2. The van der Waals surface area contributed by atoms with Gasteiger partial charge in [0.1, 0.15) is 0 Å². The van der Waals surface area contributed by atoms with Crippen molar-refractivity contribution in [3.8, 4) is 11.5 Å². The van der Waals surface area contributed by atoms with Crippen molar-refractivity contribution in [3.05, 3.63) is 23.8 Å². The van der Waals surface area contributed by atoms with E-state index in [4.69, 9.17) is 9.47 Å². The monoisotopic (exact) mass is 450 g/mol. The molecule has 0 amide bonds.